The van der Waals surface area contributed by atoms with Crippen molar-refractivity contribution in [1.29, 1.82) is 0 Å². The van der Waals surface area contributed by atoms with Gasteiger partial charge < -0.3 is 10.6 Å². The molecule has 4 rings (SSSR count). The zero-order valence-corrected chi connectivity index (χ0v) is 14.3. The Balaban J connectivity index is 1.92. The van der Waals surface area contributed by atoms with Crippen LogP contribution < -0.4 is 5.73 Å². The van der Waals surface area contributed by atoms with Gasteiger partial charge in [0.05, 0.1) is 18.8 Å². The van der Waals surface area contributed by atoms with E-state index in [1.807, 2.05) is 10.7 Å². The summed E-state index contributed by atoms with van der Waals surface area (Å²) < 4.78 is 15.3. The summed E-state index contributed by atoms with van der Waals surface area (Å²) in [5.74, 6) is 0.142. The SMILES string of the molecule is CC(=O)N1CCn2nc(-c3ccc(F)cc3)c(-c3ccnc(N)c3)c2C1. The Hall–Kier alpha value is -3.22. The van der Waals surface area contributed by atoms with Crippen LogP contribution in [0, 0.1) is 5.82 Å². The number of carbonyl (C=O) groups is 1. The van der Waals surface area contributed by atoms with Gasteiger partial charge in [-0.05, 0) is 42.0 Å². The molecule has 1 amide bonds. The fourth-order valence-electron chi connectivity index (χ4n) is 3.30. The Kier molecular flexibility index (Phi) is 3.91. The summed E-state index contributed by atoms with van der Waals surface area (Å²) in [5.41, 5.74) is 10.2. The van der Waals surface area contributed by atoms with Gasteiger partial charge in [0.25, 0.3) is 0 Å². The molecule has 0 aliphatic carbocycles. The molecule has 1 aromatic carbocycles. The predicted octanol–water partition coefficient (Wildman–Crippen LogP) is 2.70. The van der Waals surface area contributed by atoms with E-state index in [-0.39, 0.29) is 11.7 Å². The zero-order valence-electron chi connectivity index (χ0n) is 14.3. The number of nitrogen functional groups attached to an aromatic ring is 1. The van der Waals surface area contributed by atoms with Crippen molar-refractivity contribution in [3.8, 4) is 22.4 Å². The van der Waals surface area contributed by atoms with Crippen LogP contribution in [-0.2, 0) is 17.9 Å². The fraction of sp³-hybridized carbons (Fsp3) is 0.211. The van der Waals surface area contributed by atoms with Gasteiger partial charge in [-0.25, -0.2) is 9.37 Å². The third-order valence-electron chi connectivity index (χ3n) is 4.61. The second-order valence-electron chi connectivity index (χ2n) is 6.31. The molecule has 2 N–H and O–H groups in total. The summed E-state index contributed by atoms with van der Waals surface area (Å²) in [5, 5.41) is 4.75. The molecule has 3 aromatic rings. The van der Waals surface area contributed by atoms with E-state index < -0.39 is 0 Å². The van der Waals surface area contributed by atoms with E-state index in [0.717, 1.165) is 28.1 Å². The first-order valence-electron chi connectivity index (χ1n) is 8.36. The van der Waals surface area contributed by atoms with Gasteiger partial charge in [0.2, 0.25) is 5.91 Å². The standard InChI is InChI=1S/C19H18FN5O/c1-12(26)24-8-9-25-16(11-24)18(14-6-7-22-17(21)10-14)19(23-25)13-2-4-15(20)5-3-13/h2-7,10H,8-9,11H2,1H3,(H2,21,22). The predicted molar refractivity (Wildman–Crippen MR) is 96.4 cm³/mol. The fourth-order valence-corrected chi connectivity index (χ4v) is 3.30. The van der Waals surface area contributed by atoms with Gasteiger partial charge in [0.15, 0.2) is 0 Å². The molecule has 1 aliphatic heterocycles. The summed E-state index contributed by atoms with van der Waals surface area (Å²) in [7, 11) is 0. The van der Waals surface area contributed by atoms with Gasteiger partial charge in [0.1, 0.15) is 17.3 Å². The van der Waals surface area contributed by atoms with Crippen molar-refractivity contribution in [1.82, 2.24) is 19.7 Å². The van der Waals surface area contributed by atoms with Gasteiger partial charge in [-0.1, -0.05) is 0 Å². The summed E-state index contributed by atoms with van der Waals surface area (Å²) in [6.45, 7) is 3.27. The number of nitrogens with two attached hydrogens (primary N) is 1. The molecule has 132 valence electrons. The number of aromatic nitrogens is 3. The van der Waals surface area contributed by atoms with Crippen LogP contribution in [0.25, 0.3) is 22.4 Å². The molecule has 0 spiro atoms. The van der Waals surface area contributed by atoms with Gasteiger partial charge in [-0.2, -0.15) is 5.10 Å². The van der Waals surface area contributed by atoms with Crippen molar-refractivity contribution >= 4 is 11.7 Å². The second-order valence-corrected chi connectivity index (χ2v) is 6.31. The number of benzene rings is 1. The molecular formula is C19H18FN5O. The maximum absolute atomic E-state index is 13.4. The first-order chi connectivity index (χ1) is 12.5. The van der Waals surface area contributed by atoms with Crippen molar-refractivity contribution in [2.24, 2.45) is 0 Å². The van der Waals surface area contributed by atoms with E-state index in [1.165, 1.54) is 12.1 Å². The van der Waals surface area contributed by atoms with Crippen molar-refractivity contribution in [3.05, 3.63) is 54.1 Å². The van der Waals surface area contributed by atoms with Crippen LogP contribution >= 0.6 is 0 Å². The van der Waals surface area contributed by atoms with E-state index in [1.54, 1.807) is 36.2 Å². The molecule has 2 aromatic heterocycles. The van der Waals surface area contributed by atoms with Gasteiger partial charge >= 0.3 is 0 Å². The maximum Gasteiger partial charge on any atom is 0.219 e. The Morgan fingerprint density at radius 2 is 1.92 bits per heavy atom. The molecule has 1 aliphatic rings. The van der Waals surface area contributed by atoms with Crippen LogP contribution in [0.4, 0.5) is 10.2 Å². The molecule has 0 radical (unpaired) electrons. The maximum atomic E-state index is 13.4. The van der Waals surface area contributed by atoms with E-state index in [9.17, 15) is 9.18 Å². The van der Waals surface area contributed by atoms with Gasteiger partial charge in [-0.15, -0.1) is 0 Å². The number of rotatable bonds is 2. The highest BCUT2D eigenvalue weighted by atomic mass is 19.1. The van der Waals surface area contributed by atoms with Crippen LogP contribution in [0.15, 0.2) is 42.6 Å². The number of halogens is 1. The van der Waals surface area contributed by atoms with Crippen LogP contribution in [0.1, 0.15) is 12.6 Å². The molecule has 0 atom stereocenters. The van der Waals surface area contributed by atoms with E-state index in [0.29, 0.717) is 25.5 Å². The lowest BCUT2D eigenvalue weighted by Crippen LogP contribution is -2.37. The average Bonchev–Trinajstić information content (AvgIpc) is 3.00. The van der Waals surface area contributed by atoms with Crippen LogP contribution in [0.3, 0.4) is 0 Å². The molecule has 0 saturated carbocycles. The van der Waals surface area contributed by atoms with Gasteiger partial charge in [-0.3, -0.25) is 9.48 Å². The smallest absolute Gasteiger partial charge is 0.219 e. The molecule has 0 bridgehead atoms. The van der Waals surface area contributed by atoms with Crippen LogP contribution in [0.2, 0.25) is 0 Å². The van der Waals surface area contributed by atoms with E-state index in [2.05, 4.69) is 4.98 Å². The number of amides is 1. The topological polar surface area (TPSA) is 77.0 Å². The highest BCUT2D eigenvalue weighted by molar-refractivity contribution is 5.84. The lowest BCUT2D eigenvalue weighted by molar-refractivity contribution is -0.130. The Bertz CT molecular complexity index is 980. The summed E-state index contributed by atoms with van der Waals surface area (Å²) in [6.07, 6.45) is 1.65. The number of hydrogen-bond acceptors (Lipinski definition) is 4. The summed E-state index contributed by atoms with van der Waals surface area (Å²) in [6, 6.07) is 9.91. The van der Waals surface area contributed by atoms with Crippen molar-refractivity contribution in [2.75, 3.05) is 12.3 Å². The quantitative estimate of drug-likeness (QED) is 0.770. The Morgan fingerprint density at radius 3 is 2.62 bits per heavy atom. The number of hydrogen-bond donors (Lipinski definition) is 1. The number of pyridine rings is 1. The van der Waals surface area contributed by atoms with E-state index in [4.69, 9.17) is 10.8 Å². The molecule has 7 heteroatoms. The highest BCUT2D eigenvalue weighted by Gasteiger charge is 2.27. The zero-order chi connectivity index (χ0) is 18.3. The molecule has 3 heterocycles. The minimum Gasteiger partial charge on any atom is -0.384 e. The van der Waals surface area contributed by atoms with Crippen molar-refractivity contribution in [2.45, 2.75) is 20.0 Å². The molecule has 0 fully saturated rings. The number of fused-ring (bicyclic) bond motifs is 1. The van der Waals surface area contributed by atoms with Crippen LogP contribution in [-0.4, -0.2) is 32.1 Å². The normalized spacial score (nSPS) is 13.5. The Labute approximate surface area is 150 Å². The summed E-state index contributed by atoms with van der Waals surface area (Å²) in [4.78, 5) is 17.7. The highest BCUT2D eigenvalue weighted by Crippen LogP contribution is 2.36. The number of anilines is 1. The van der Waals surface area contributed by atoms with E-state index >= 15 is 0 Å². The lowest BCUT2D eigenvalue weighted by atomic mass is 9.98. The number of carbonyl (C=O) groups excluding carboxylic acids is 1. The summed E-state index contributed by atoms with van der Waals surface area (Å²) >= 11 is 0. The molecular weight excluding hydrogens is 333 g/mol. The Morgan fingerprint density at radius 1 is 1.15 bits per heavy atom. The van der Waals surface area contributed by atoms with Crippen molar-refractivity contribution < 1.29 is 9.18 Å². The molecule has 6 nitrogen and oxygen atoms in total. The molecule has 26 heavy (non-hydrogen) atoms. The van der Waals surface area contributed by atoms with Crippen molar-refractivity contribution in [3.63, 3.8) is 0 Å². The molecule has 0 saturated heterocycles. The minimum atomic E-state index is -0.296. The first-order valence-corrected chi connectivity index (χ1v) is 8.36. The second kappa shape index (κ2) is 6.25. The lowest BCUT2D eigenvalue weighted by Gasteiger charge is -2.27. The minimum absolute atomic E-state index is 0.0287. The third kappa shape index (κ3) is 2.81. The third-order valence-corrected chi connectivity index (χ3v) is 4.61. The largest absolute Gasteiger partial charge is 0.384 e. The van der Waals surface area contributed by atoms with Gasteiger partial charge in [0, 0.05) is 30.8 Å². The average molecular weight is 351 g/mol. The monoisotopic (exact) mass is 351 g/mol. The van der Waals surface area contributed by atoms with Crippen LogP contribution in [0.5, 0.6) is 0 Å². The first kappa shape index (κ1) is 16.3. The number of nitrogens with zero attached hydrogens (tertiary/aromatic N) is 4. The molecule has 0 unspecified atom stereocenters.